The zero-order valence-corrected chi connectivity index (χ0v) is 10.4. The van der Waals surface area contributed by atoms with Gasteiger partial charge >= 0.3 is 6.09 Å². The second-order valence-corrected chi connectivity index (χ2v) is 4.45. The van der Waals surface area contributed by atoms with Crippen LogP contribution in [0.2, 0.25) is 0 Å². The van der Waals surface area contributed by atoms with Crippen LogP contribution in [0.5, 0.6) is 0 Å². The summed E-state index contributed by atoms with van der Waals surface area (Å²) in [5.41, 5.74) is 4.26. The summed E-state index contributed by atoms with van der Waals surface area (Å²) in [4.78, 5) is 19.8. The second-order valence-electron chi connectivity index (χ2n) is 4.45. The smallest absolute Gasteiger partial charge is 0.405 e. The molecule has 0 heterocycles. The summed E-state index contributed by atoms with van der Waals surface area (Å²) < 4.78 is 4.58. The van der Waals surface area contributed by atoms with E-state index < -0.39 is 11.7 Å². The number of carbonyl (C=O) groups is 2. The summed E-state index contributed by atoms with van der Waals surface area (Å²) in [7, 11) is 0. The normalized spacial score (nSPS) is 12.1. The summed E-state index contributed by atoms with van der Waals surface area (Å²) in [5.74, 6) is 0.581. The van der Waals surface area contributed by atoms with Crippen LogP contribution in [-0.4, -0.2) is 18.0 Å². The highest BCUT2D eigenvalue weighted by Crippen LogP contribution is 2.04. The van der Waals surface area contributed by atoms with Crippen molar-refractivity contribution in [1.82, 2.24) is 0 Å². The molecule has 0 aliphatic heterocycles. The average molecular weight is 217 g/mol. The first-order valence-electron chi connectivity index (χ1n) is 5.15. The van der Waals surface area contributed by atoms with Crippen LogP contribution in [0.3, 0.4) is 0 Å². The molecule has 1 unspecified atom stereocenters. The molecule has 90 valence electrons. The van der Waals surface area contributed by atoms with Crippen molar-refractivity contribution in [2.24, 2.45) is 11.7 Å². The molecule has 0 aromatic heterocycles. The minimum Gasteiger partial charge on any atom is -0.444 e. The van der Waals surface area contributed by atoms with E-state index in [-0.39, 0.29) is 0 Å². The maximum absolute atomic E-state index is 10.0. The van der Waals surface area contributed by atoms with Crippen molar-refractivity contribution in [2.75, 3.05) is 0 Å². The predicted octanol–water partition coefficient (Wildman–Crippen LogP) is 2.50. The quantitative estimate of drug-likeness (QED) is 0.738. The monoisotopic (exact) mass is 217 g/mol. The fourth-order valence-electron chi connectivity index (χ4n) is 0.633. The van der Waals surface area contributed by atoms with E-state index in [1.807, 2.05) is 0 Å². The lowest BCUT2D eigenvalue weighted by Crippen LogP contribution is -2.27. The summed E-state index contributed by atoms with van der Waals surface area (Å²) in [6.45, 7) is 9.45. The van der Waals surface area contributed by atoms with Crippen LogP contribution in [0.25, 0.3) is 0 Å². The van der Waals surface area contributed by atoms with E-state index in [1.165, 1.54) is 0 Å². The van der Waals surface area contributed by atoms with Crippen LogP contribution < -0.4 is 5.73 Å². The molecule has 4 heteroatoms. The van der Waals surface area contributed by atoms with E-state index in [0.717, 1.165) is 19.1 Å². The van der Waals surface area contributed by atoms with E-state index in [4.69, 9.17) is 5.73 Å². The van der Waals surface area contributed by atoms with Crippen molar-refractivity contribution in [3.05, 3.63) is 0 Å². The molecular weight excluding hydrogens is 194 g/mol. The lowest BCUT2D eigenvalue weighted by molar-refractivity contribution is -0.108. The molecule has 4 nitrogen and oxygen atoms in total. The lowest BCUT2D eigenvalue weighted by Gasteiger charge is -2.16. The Morgan fingerprint density at radius 2 is 1.93 bits per heavy atom. The van der Waals surface area contributed by atoms with E-state index in [9.17, 15) is 9.59 Å². The van der Waals surface area contributed by atoms with Crippen molar-refractivity contribution in [3.63, 3.8) is 0 Å². The molecule has 0 radical (unpaired) electrons. The molecule has 0 fully saturated rings. The van der Waals surface area contributed by atoms with Gasteiger partial charge in [0.2, 0.25) is 0 Å². The van der Waals surface area contributed by atoms with Gasteiger partial charge in [-0.1, -0.05) is 20.3 Å². The number of rotatable bonds is 3. The largest absolute Gasteiger partial charge is 0.444 e. The zero-order chi connectivity index (χ0) is 12.5. The molecule has 1 atom stereocenters. The second kappa shape index (κ2) is 8.26. The molecule has 0 rings (SSSR count). The van der Waals surface area contributed by atoms with E-state index >= 15 is 0 Å². The van der Waals surface area contributed by atoms with Gasteiger partial charge in [-0.2, -0.15) is 0 Å². The average Bonchev–Trinajstić information content (AvgIpc) is 2.01. The van der Waals surface area contributed by atoms with Gasteiger partial charge in [0, 0.05) is 6.42 Å². The molecule has 1 amide bonds. The highest BCUT2D eigenvalue weighted by Gasteiger charge is 2.12. The fraction of sp³-hybridized carbons (Fsp3) is 0.818. The van der Waals surface area contributed by atoms with Gasteiger partial charge < -0.3 is 15.3 Å². The number of ether oxygens (including phenoxy) is 1. The first-order valence-corrected chi connectivity index (χ1v) is 5.15. The molecule has 0 aromatic carbocycles. The maximum Gasteiger partial charge on any atom is 0.405 e. The Kier molecular flexibility index (Phi) is 9.02. The van der Waals surface area contributed by atoms with Crippen LogP contribution in [-0.2, 0) is 9.53 Å². The van der Waals surface area contributed by atoms with Gasteiger partial charge in [0.15, 0.2) is 0 Å². The molecular formula is C11H23NO3. The third-order valence-corrected chi connectivity index (χ3v) is 1.60. The van der Waals surface area contributed by atoms with Gasteiger partial charge in [-0.15, -0.1) is 0 Å². The lowest BCUT2D eigenvalue weighted by atomic mass is 10.1. The number of amides is 1. The van der Waals surface area contributed by atoms with Crippen molar-refractivity contribution in [2.45, 2.75) is 53.1 Å². The van der Waals surface area contributed by atoms with Gasteiger partial charge in [-0.25, -0.2) is 4.79 Å². The first-order chi connectivity index (χ1) is 6.72. The molecule has 0 saturated carbocycles. The van der Waals surface area contributed by atoms with Gasteiger partial charge in [0.05, 0.1) is 0 Å². The van der Waals surface area contributed by atoms with E-state index in [2.05, 4.69) is 18.6 Å². The Morgan fingerprint density at radius 3 is 2.00 bits per heavy atom. The minimum absolute atomic E-state index is 0.453. The van der Waals surface area contributed by atoms with Gasteiger partial charge in [-0.05, 0) is 26.7 Å². The molecule has 0 aliphatic carbocycles. The molecule has 2 N–H and O–H groups in total. The third kappa shape index (κ3) is 19.4. The highest BCUT2D eigenvalue weighted by atomic mass is 16.6. The van der Waals surface area contributed by atoms with Crippen LogP contribution in [0.4, 0.5) is 4.79 Å². The Hall–Kier alpha value is -1.06. The number of hydrogen-bond donors (Lipinski definition) is 1. The van der Waals surface area contributed by atoms with E-state index in [1.54, 1.807) is 20.8 Å². The summed E-state index contributed by atoms with van der Waals surface area (Å²) in [5, 5.41) is 0. The molecule has 0 aromatic rings. The Morgan fingerprint density at radius 1 is 1.47 bits per heavy atom. The van der Waals surface area contributed by atoms with Crippen LogP contribution in [0, 0.1) is 5.92 Å². The number of primary amides is 1. The first kappa shape index (κ1) is 16.4. The SMILES string of the molecule is CC(C)(C)OC(N)=O.CCC(C)CC=O. The third-order valence-electron chi connectivity index (χ3n) is 1.60. The van der Waals surface area contributed by atoms with Gasteiger partial charge in [0.1, 0.15) is 11.9 Å². The predicted molar refractivity (Wildman–Crippen MR) is 60.6 cm³/mol. The van der Waals surface area contributed by atoms with Crippen molar-refractivity contribution >= 4 is 12.4 Å². The number of carbonyl (C=O) groups excluding carboxylic acids is 2. The van der Waals surface area contributed by atoms with Gasteiger partial charge in [-0.3, -0.25) is 0 Å². The Balaban J connectivity index is 0. The molecule has 0 bridgehead atoms. The molecule has 0 saturated heterocycles. The number of nitrogens with two attached hydrogens (primary N) is 1. The van der Waals surface area contributed by atoms with E-state index in [0.29, 0.717) is 5.92 Å². The number of aldehydes is 1. The maximum atomic E-state index is 10.0. The fourth-order valence-corrected chi connectivity index (χ4v) is 0.633. The van der Waals surface area contributed by atoms with Crippen molar-refractivity contribution in [3.8, 4) is 0 Å². The summed E-state index contributed by atoms with van der Waals surface area (Å²) in [6.07, 6.45) is 2.08. The van der Waals surface area contributed by atoms with Crippen molar-refractivity contribution < 1.29 is 14.3 Å². The standard InChI is InChI=1S/C6H12O.C5H11NO2/c1-3-6(2)4-5-7;1-5(2,3)8-4(6)7/h5-6H,3-4H2,1-2H3;1-3H3,(H2,6,7). The van der Waals surface area contributed by atoms with Gasteiger partial charge in [0.25, 0.3) is 0 Å². The van der Waals surface area contributed by atoms with Crippen molar-refractivity contribution in [1.29, 1.82) is 0 Å². The summed E-state index contributed by atoms with van der Waals surface area (Å²) in [6, 6.07) is 0. The zero-order valence-electron chi connectivity index (χ0n) is 10.4. The molecule has 0 aliphatic rings. The molecule has 0 spiro atoms. The topological polar surface area (TPSA) is 69.4 Å². The highest BCUT2D eigenvalue weighted by molar-refractivity contribution is 5.65. The summed E-state index contributed by atoms with van der Waals surface area (Å²) >= 11 is 0. The Labute approximate surface area is 92.2 Å². The van der Waals surface area contributed by atoms with Crippen LogP contribution in [0.15, 0.2) is 0 Å². The Bertz CT molecular complexity index is 185. The van der Waals surface area contributed by atoms with Crippen LogP contribution >= 0.6 is 0 Å². The number of hydrogen-bond acceptors (Lipinski definition) is 3. The molecule has 15 heavy (non-hydrogen) atoms. The van der Waals surface area contributed by atoms with Crippen LogP contribution in [0.1, 0.15) is 47.5 Å². The minimum atomic E-state index is -0.725.